The number of carbonyl (C=O) groups is 2. The van der Waals surface area contributed by atoms with Crippen LogP contribution in [0.3, 0.4) is 0 Å². The molecule has 1 aliphatic carbocycles. The van der Waals surface area contributed by atoms with Crippen molar-refractivity contribution in [2.75, 3.05) is 10.6 Å². The largest absolute Gasteiger partial charge is 0.351 e. The highest BCUT2D eigenvalue weighted by molar-refractivity contribution is 9.10. The molecule has 1 fully saturated rings. The summed E-state index contributed by atoms with van der Waals surface area (Å²) in [4.78, 5) is 29.7. The number of nitrogens with zero attached hydrogens (tertiary/aromatic N) is 3. The van der Waals surface area contributed by atoms with Crippen molar-refractivity contribution >= 4 is 67.7 Å². The minimum Gasteiger partial charge on any atom is -0.351 e. The van der Waals surface area contributed by atoms with Gasteiger partial charge >= 0.3 is 0 Å². The molecule has 1 aromatic heterocycles. The van der Waals surface area contributed by atoms with Crippen molar-refractivity contribution in [3.05, 3.63) is 81.3 Å². The van der Waals surface area contributed by atoms with E-state index >= 15 is 0 Å². The van der Waals surface area contributed by atoms with Gasteiger partial charge in [-0.3, -0.25) is 9.59 Å². The molecular weight excluding hydrogens is 556 g/mol. The summed E-state index contributed by atoms with van der Waals surface area (Å²) in [5.74, 6) is 0.0753. The molecule has 4 aromatic rings. The van der Waals surface area contributed by atoms with E-state index in [4.69, 9.17) is 11.6 Å². The van der Waals surface area contributed by atoms with Crippen LogP contribution in [-0.2, 0) is 18.4 Å². The zero-order chi connectivity index (χ0) is 26.2. The fourth-order valence-electron chi connectivity index (χ4n) is 3.95. The number of anilines is 3. The van der Waals surface area contributed by atoms with Crippen molar-refractivity contribution in [3.63, 3.8) is 0 Å². The molecule has 0 spiro atoms. The van der Waals surface area contributed by atoms with Crippen LogP contribution in [-0.4, -0.2) is 21.4 Å². The predicted molar refractivity (Wildman–Crippen MR) is 147 cm³/mol. The van der Waals surface area contributed by atoms with Crippen LogP contribution >= 0.6 is 27.5 Å². The van der Waals surface area contributed by atoms with Crippen LogP contribution in [0, 0.1) is 16.7 Å². The second-order valence-electron chi connectivity index (χ2n) is 8.97. The second-order valence-corrected chi connectivity index (χ2v) is 10.3. The molecular formula is C27H22BrClN6O2. The highest BCUT2D eigenvalue weighted by Gasteiger charge is 2.50. The molecule has 5 rings (SSSR count). The summed E-state index contributed by atoms with van der Waals surface area (Å²) < 4.78 is 2.81. The molecule has 0 saturated heterocycles. The van der Waals surface area contributed by atoms with Crippen molar-refractivity contribution in [1.82, 2.24) is 14.9 Å². The van der Waals surface area contributed by atoms with Gasteiger partial charge in [0.15, 0.2) is 0 Å². The van der Waals surface area contributed by atoms with Crippen LogP contribution in [0.15, 0.2) is 65.1 Å². The Labute approximate surface area is 226 Å². The lowest BCUT2D eigenvalue weighted by Crippen LogP contribution is -2.30. The molecule has 1 aliphatic rings. The van der Waals surface area contributed by atoms with Gasteiger partial charge in [-0.05, 0) is 73.0 Å². The van der Waals surface area contributed by atoms with E-state index in [9.17, 15) is 14.9 Å². The summed E-state index contributed by atoms with van der Waals surface area (Å²) in [5.41, 5.74) is 3.27. The topological polar surface area (TPSA) is 112 Å². The summed E-state index contributed by atoms with van der Waals surface area (Å²) in [6.07, 6.45) is 1.20. The normalized spacial score (nSPS) is 13.6. The molecule has 2 amide bonds. The molecule has 0 unspecified atom stereocenters. The Bertz CT molecular complexity index is 1570. The minimum absolute atomic E-state index is 0.230. The number of imidazole rings is 1. The maximum atomic E-state index is 12.8. The van der Waals surface area contributed by atoms with Gasteiger partial charge in [-0.25, -0.2) is 4.98 Å². The number of fused-ring (bicyclic) bond motifs is 1. The quantitative estimate of drug-likeness (QED) is 0.253. The fourth-order valence-corrected chi connectivity index (χ4v) is 4.38. The number of halogens is 2. The van der Waals surface area contributed by atoms with E-state index in [0.29, 0.717) is 46.3 Å². The van der Waals surface area contributed by atoms with Crippen LogP contribution in [0.4, 0.5) is 17.3 Å². The van der Waals surface area contributed by atoms with Gasteiger partial charge in [0.1, 0.15) is 5.41 Å². The molecule has 186 valence electrons. The molecule has 1 heterocycles. The second kappa shape index (κ2) is 9.88. The summed E-state index contributed by atoms with van der Waals surface area (Å²) in [6, 6.07) is 20.2. The van der Waals surface area contributed by atoms with Gasteiger partial charge < -0.3 is 20.5 Å². The number of nitrogens with one attached hydrogen (secondary N) is 3. The molecule has 10 heteroatoms. The Morgan fingerprint density at radius 2 is 1.89 bits per heavy atom. The number of nitriles is 1. The van der Waals surface area contributed by atoms with Gasteiger partial charge in [-0.1, -0.05) is 33.6 Å². The van der Waals surface area contributed by atoms with Crippen molar-refractivity contribution < 1.29 is 9.59 Å². The van der Waals surface area contributed by atoms with E-state index < -0.39 is 5.41 Å². The summed E-state index contributed by atoms with van der Waals surface area (Å²) >= 11 is 9.82. The predicted octanol–water partition coefficient (Wildman–Crippen LogP) is 5.91. The fraction of sp³-hybridized carbons (Fsp3) is 0.185. The number of aromatic nitrogens is 2. The molecule has 0 bridgehead atoms. The first-order chi connectivity index (χ1) is 17.8. The third-order valence-corrected chi connectivity index (χ3v) is 7.23. The lowest BCUT2D eigenvalue weighted by Gasteiger charge is -2.12. The van der Waals surface area contributed by atoms with E-state index in [1.54, 1.807) is 18.2 Å². The van der Waals surface area contributed by atoms with Crippen LogP contribution in [0.25, 0.3) is 11.0 Å². The van der Waals surface area contributed by atoms with Crippen LogP contribution in [0.2, 0.25) is 5.02 Å². The highest BCUT2D eigenvalue weighted by Crippen LogP contribution is 2.45. The Morgan fingerprint density at radius 3 is 2.59 bits per heavy atom. The smallest absolute Gasteiger partial charge is 0.255 e. The lowest BCUT2D eigenvalue weighted by atomic mass is 10.1. The van der Waals surface area contributed by atoms with Crippen LogP contribution < -0.4 is 16.0 Å². The highest BCUT2D eigenvalue weighted by atomic mass is 79.9. The van der Waals surface area contributed by atoms with Gasteiger partial charge in [0.25, 0.3) is 5.91 Å². The van der Waals surface area contributed by atoms with Gasteiger partial charge in [-0.15, -0.1) is 0 Å². The molecule has 0 atom stereocenters. The summed E-state index contributed by atoms with van der Waals surface area (Å²) in [5, 5.41) is 18.7. The van der Waals surface area contributed by atoms with E-state index in [-0.39, 0.29) is 18.4 Å². The first-order valence-corrected chi connectivity index (χ1v) is 12.7. The third kappa shape index (κ3) is 5.17. The van der Waals surface area contributed by atoms with E-state index in [2.05, 4.69) is 42.9 Å². The minimum atomic E-state index is -0.866. The monoisotopic (exact) mass is 576 g/mol. The zero-order valence-corrected chi connectivity index (χ0v) is 22.2. The Hall–Kier alpha value is -3.87. The number of hydrogen-bond donors (Lipinski definition) is 3. The average Bonchev–Trinajstić information content (AvgIpc) is 3.65. The maximum absolute atomic E-state index is 12.8. The lowest BCUT2D eigenvalue weighted by molar-refractivity contribution is -0.124. The van der Waals surface area contributed by atoms with Gasteiger partial charge in [0, 0.05) is 29.3 Å². The van der Waals surface area contributed by atoms with Gasteiger partial charge in [0.05, 0.1) is 27.8 Å². The number of rotatable bonds is 7. The molecule has 0 aliphatic heterocycles. The Kier molecular flexibility index (Phi) is 6.63. The summed E-state index contributed by atoms with van der Waals surface area (Å²) in [7, 11) is 1.87. The number of amides is 2. The van der Waals surface area contributed by atoms with Crippen LogP contribution in [0.5, 0.6) is 0 Å². The van der Waals surface area contributed by atoms with Gasteiger partial charge in [-0.2, -0.15) is 5.26 Å². The van der Waals surface area contributed by atoms with Crippen molar-refractivity contribution in [1.29, 1.82) is 5.26 Å². The number of aryl methyl sites for hydroxylation is 1. The summed E-state index contributed by atoms with van der Waals surface area (Å²) in [6.45, 7) is 0.285. The Balaban J connectivity index is 1.32. The van der Waals surface area contributed by atoms with Gasteiger partial charge in [0.2, 0.25) is 11.9 Å². The first kappa shape index (κ1) is 24.8. The standard InChI is InChI=1S/C27H22BrClN6O2/c1-35-23-9-3-17(24(36)32-19-6-4-18(28)5-7-19)13-22(23)34-26(35)33-21-12-16(2-8-20(21)29)14-31-25(37)27(15-30)10-11-27/h2-9,12-13H,10-11,14H2,1H3,(H,31,37)(H,32,36)(H,33,34). The maximum Gasteiger partial charge on any atom is 0.255 e. The molecule has 3 aromatic carbocycles. The first-order valence-electron chi connectivity index (χ1n) is 11.6. The molecule has 0 radical (unpaired) electrons. The SMILES string of the molecule is Cn1c(Nc2cc(CNC(=O)C3(C#N)CC3)ccc2Cl)nc2cc(C(=O)Nc3ccc(Br)cc3)ccc21. The van der Waals surface area contributed by atoms with Crippen molar-refractivity contribution in [2.45, 2.75) is 19.4 Å². The van der Waals surface area contributed by atoms with E-state index in [0.717, 1.165) is 15.6 Å². The number of benzene rings is 3. The Morgan fingerprint density at radius 1 is 1.14 bits per heavy atom. The van der Waals surface area contributed by atoms with E-state index in [1.165, 1.54) is 0 Å². The average molecular weight is 578 g/mol. The number of carbonyl (C=O) groups excluding carboxylic acids is 2. The molecule has 3 N–H and O–H groups in total. The molecule has 8 nitrogen and oxygen atoms in total. The van der Waals surface area contributed by atoms with Crippen molar-refractivity contribution in [3.8, 4) is 6.07 Å². The van der Waals surface area contributed by atoms with Crippen LogP contribution in [0.1, 0.15) is 28.8 Å². The van der Waals surface area contributed by atoms with E-state index in [1.807, 2.05) is 54.1 Å². The third-order valence-electron chi connectivity index (χ3n) is 6.37. The molecule has 37 heavy (non-hydrogen) atoms. The van der Waals surface area contributed by atoms with Crippen molar-refractivity contribution in [2.24, 2.45) is 12.5 Å². The number of hydrogen-bond acceptors (Lipinski definition) is 5. The molecule has 1 saturated carbocycles. The zero-order valence-electron chi connectivity index (χ0n) is 19.8.